The number of ketones is 1. The van der Waals surface area contributed by atoms with Crippen molar-refractivity contribution in [1.82, 2.24) is 5.32 Å². The zero-order valence-corrected chi connectivity index (χ0v) is 15.7. The molecule has 0 saturated carbocycles. The van der Waals surface area contributed by atoms with E-state index in [9.17, 15) is 14.0 Å². The highest BCUT2D eigenvalue weighted by Gasteiger charge is 2.46. The fourth-order valence-electron chi connectivity index (χ4n) is 3.76. The van der Waals surface area contributed by atoms with Crippen LogP contribution in [0.3, 0.4) is 0 Å². The molecular formula is C19H17BrFNO4. The molecule has 3 aliphatic heterocycles. The molecule has 0 fully saturated rings. The average Bonchev–Trinajstić information content (AvgIpc) is 2.92. The summed E-state index contributed by atoms with van der Waals surface area (Å²) in [6, 6.07) is 4.55. The van der Waals surface area contributed by atoms with Gasteiger partial charge in [-0.15, -0.1) is 0 Å². The van der Waals surface area contributed by atoms with E-state index in [0.717, 1.165) is 6.42 Å². The fraction of sp³-hybridized carbons (Fsp3) is 0.368. The van der Waals surface area contributed by atoms with Gasteiger partial charge in [-0.05, 0) is 40.0 Å². The summed E-state index contributed by atoms with van der Waals surface area (Å²) in [4.78, 5) is 25.2. The maximum Gasteiger partial charge on any atom is 0.337 e. The van der Waals surface area contributed by atoms with Crippen LogP contribution in [0.1, 0.15) is 31.2 Å². The molecule has 0 spiro atoms. The largest absolute Gasteiger partial charge is 0.452 e. The molecule has 3 aliphatic rings. The van der Waals surface area contributed by atoms with Gasteiger partial charge >= 0.3 is 5.97 Å². The lowest BCUT2D eigenvalue weighted by atomic mass is 9.78. The van der Waals surface area contributed by atoms with E-state index in [1.165, 1.54) is 6.07 Å². The Labute approximate surface area is 158 Å². The monoisotopic (exact) mass is 421 g/mol. The Balaban J connectivity index is 1.89. The third-order valence-corrected chi connectivity index (χ3v) is 5.48. The minimum absolute atomic E-state index is 0.0323. The van der Waals surface area contributed by atoms with Crippen molar-refractivity contribution in [2.24, 2.45) is 0 Å². The van der Waals surface area contributed by atoms with Gasteiger partial charge in [0.2, 0.25) is 0 Å². The number of cyclic esters (lactones) is 1. The second-order valence-electron chi connectivity index (χ2n) is 6.55. The van der Waals surface area contributed by atoms with Gasteiger partial charge in [0, 0.05) is 17.2 Å². The quantitative estimate of drug-likeness (QED) is 0.759. The summed E-state index contributed by atoms with van der Waals surface area (Å²) in [5.74, 6) is -1.59. The Kier molecular flexibility index (Phi) is 4.44. The molecule has 0 saturated heterocycles. The Bertz CT molecular complexity index is 876. The lowest BCUT2D eigenvalue weighted by molar-refractivity contribution is -0.140. The van der Waals surface area contributed by atoms with Crippen molar-refractivity contribution >= 4 is 27.7 Å². The molecule has 2 atom stereocenters. The number of halogens is 2. The van der Waals surface area contributed by atoms with Gasteiger partial charge in [-0.3, -0.25) is 4.79 Å². The molecule has 1 N–H and O–H groups in total. The lowest BCUT2D eigenvalue weighted by Crippen LogP contribution is -2.38. The summed E-state index contributed by atoms with van der Waals surface area (Å²) in [5.41, 5.74) is 2.96. The molecule has 0 amide bonds. The predicted molar refractivity (Wildman–Crippen MR) is 94.6 cm³/mol. The molecule has 4 rings (SSSR count). The van der Waals surface area contributed by atoms with Crippen LogP contribution in [0.5, 0.6) is 0 Å². The molecule has 0 radical (unpaired) electrons. The van der Waals surface area contributed by atoms with E-state index >= 15 is 0 Å². The van der Waals surface area contributed by atoms with Gasteiger partial charge in [-0.25, -0.2) is 9.18 Å². The molecule has 5 nitrogen and oxygen atoms in total. The number of ether oxygens (including phenoxy) is 2. The minimum Gasteiger partial charge on any atom is -0.452 e. The highest BCUT2D eigenvalue weighted by molar-refractivity contribution is 9.10. The molecule has 1 aromatic carbocycles. The second kappa shape index (κ2) is 6.63. The van der Waals surface area contributed by atoms with Crippen LogP contribution in [-0.4, -0.2) is 31.1 Å². The second-order valence-corrected chi connectivity index (χ2v) is 7.40. The SMILES string of the molecule is CCC[C@@H]1OC(=O)C2=C1NC1=C(C(=O)COC1)[C@@H]2c1ccc(F)c(Br)c1. The number of carbonyl (C=O) groups is 2. The van der Waals surface area contributed by atoms with Crippen LogP contribution in [-0.2, 0) is 19.1 Å². The van der Waals surface area contributed by atoms with E-state index in [1.54, 1.807) is 12.1 Å². The van der Waals surface area contributed by atoms with Gasteiger partial charge in [0.1, 0.15) is 18.5 Å². The smallest absolute Gasteiger partial charge is 0.337 e. The van der Waals surface area contributed by atoms with Crippen molar-refractivity contribution in [3.8, 4) is 0 Å². The third kappa shape index (κ3) is 2.70. The summed E-state index contributed by atoms with van der Waals surface area (Å²) in [6.07, 6.45) is 1.18. The Morgan fingerprint density at radius 3 is 2.81 bits per heavy atom. The van der Waals surface area contributed by atoms with E-state index in [2.05, 4.69) is 21.2 Å². The van der Waals surface area contributed by atoms with E-state index in [-0.39, 0.29) is 29.6 Å². The third-order valence-electron chi connectivity index (χ3n) is 4.88. The maximum absolute atomic E-state index is 13.7. The van der Waals surface area contributed by atoms with Gasteiger partial charge < -0.3 is 14.8 Å². The molecule has 7 heteroatoms. The first-order valence-corrected chi connectivity index (χ1v) is 9.31. The van der Waals surface area contributed by atoms with Crippen LogP contribution in [0.2, 0.25) is 0 Å². The highest BCUT2D eigenvalue weighted by Crippen LogP contribution is 2.45. The minimum atomic E-state index is -0.580. The summed E-state index contributed by atoms with van der Waals surface area (Å²) in [5, 5.41) is 3.22. The number of rotatable bonds is 3. The van der Waals surface area contributed by atoms with E-state index < -0.39 is 17.7 Å². The topological polar surface area (TPSA) is 64.6 Å². The number of Topliss-reactive ketones (excluding diaryl/α,β-unsaturated/α-hetero) is 1. The number of hydrogen-bond acceptors (Lipinski definition) is 5. The summed E-state index contributed by atoms with van der Waals surface area (Å²) < 4.78 is 24.9. The number of benzene rings is 1. The Hall–Kier alpha value is -1.99. The molecule has 0 unspecified atom stereocenters. The van der Waals surface area contributed by atoms with Crippen molar-refractivity contribution in [3.63, 3.8) is 0 Å². The van der Waals surface area contributed by atoms with Gasteiger partial charge in [-0.1, -0.05) is 19.4 Å². The van der Waals surface area contributed by atoms with Gasteiger partial charge in [0.25, 0.3) is 0 Å². The Morgan fingerprint density at radius 2 is 2.08 bits per heavy atom. The molecule has 0 aliphatic carbocycles. The van der Waals surface area contributed by atoms with E-state index in [0.29, 0.717) is 34.5 Å². The number of esters is 1. The number of hydrogen-bond donors (Lipinski definition) is 1. The first-order valence-electron chi connectivity index (χ1n) is 8.52. The number of dihydropyridines is 1. The van der Waals surface area contributed by atoms with Crippen molar-refractivity contribution in [1.29, 1.82) is 0 Å². The first kappa shape index (κ1) is 17.4. The summed E-state index contributed by atoms with van der Waals surface area (Å²) in [7, 11) is 0. The molecule has 136 valence electrons. The van der Waals surface area contributed by atoms with Crippen LogP contribution in [0, 0.1) is 5.82 Å². The first-order chi connectivity index (χ1) is 12.5. The molecular weight excluding hydrogens is 405 g/mol. The molecule has 0 aromatic heterocycles. The van der Waals surface area contributed by atoms with Crippen LogP contribution in [0.4, 0.5) is 4.39 Å². The van der Waals surface area contributed by atoms with Gasteiger partial charge in [-0.2, -0.15) is 0 Å². The molecule has 0 bridgehead atoms. The van der Waals surface area contributed by atoms with Crippen molar-refractivity contribution < 1.29 is 23.5 Å². The van der Waals surface area contributed by atoms with Gasteiger partial charge in [0.05, 0.1) is 22.3 Å². The average molecular weight is 422 g/mol. The standard InChI is InChI=1S/C19H17BrFNO4/c1-2-3-14-18-17(19(24)26-14)15(9-4-5-11(21)10(20)6-9)16-12(22-18)7-25-8-13(16)23/h4-6,14-15,22H,2-3,7-8H2,1H3/t14-,15-/m0/s1. The summed E-state index contributed by atoms with van der Waals surface area (Å²) >= 11 is 3.19. The van der Waals surface area contributed by atoms with Crippen molar-refractivity contribution in [2.45, 2.75) is 31.8 Å². The predicted octanol–water partition coefficient (Wildman–Crippen LogP) is 3.11. The maximum atomic E-state index is 13.7. The van der Waals surface area contributed by atoms with Crippen LogP contribution in [0.25, 0.3) is 0 Å². The highest BCUT2D eigenvalue weighted by atomic mass is 79.9. The van der Waals surface area contributed by atoms with Crippen molar-refractivity contribution in [2.75, 3.05) is 13.2 Å². The van der Waals surface area contributed by atoms with Crippen molar-refractivity contribution in [3.05, 3.63) is 56.6 Å². The van der Waals surface area contributed by atoms with Gasteiger partial charge in [0.15, 0.2) is 5.78 Å². The Morgan fingerprint density at radius 1 is 1.27 bits per heavy atom. The van der Waals surface area contributed by atoms with Crippen LogP contribution >= 0.6 is 15.9 Å². The van der Waals surface area contributed by atoms with E-state index in [1.807, 2.05) is 6.92 Å². The molecule has 26 heavy (non-hydrogen) atoms. The van der Waals surface area contributed by atoms with Crippen LogP contribution in [0.15, 0.2) is 45.2 Å². The molecule has 3 heterocycles. The summed E-state index contributed by atoms with van der Waals surface area (Å²) in [6.45, 7) is 2.25. The number of carbonyl (C=O) groups excluding carboxylic acids is 2. The zero-order chi connectivity index (χ0) is 18.4. The van der Waals surface area contributed by atoms with E-state index in [4.69, 9.17) is 9.47 Å². The zero-order valence-electron chi connectivity index (χ0n) is 14.1. The van der Waals surface area contributed by atoms with Crippen LogP contribution < -0.4 is 5.32 Å². The molecule has 1 aromatic rings. The fourth-order valence-corrected chi connectivity index (χ4v) is 4.16. The lowest BCUT2D eigenvalue weighted by Gasteiger charge is -2.32. The number of nitrogens with one attached hydrogen (secondary N) is 1. The normalized spacial score (nSPS) is 25.0.